The van der Waals surface area contributed by atoms with Gasteiger partial charge in [0.15, 0.2) is 0 Å². The number of rotatable bonds is 5. The summed E-state index contributed by atoms with van der Waals surface area (Å²) in [6, 6.07) is 15.1. The van der Waals surface area contributed by atoms with E-state index in [-0.39, 0.29) is 18.0 Å². The number of carbonyl (C=O) groups excluding carboxylic acids is 1. The molecule has 6 nitrogen and oxygen atoms in total. The molecule has 6 heteroatoms. The second-order valence-electron chi connectivity index (χ2n) is 4.55. The summed E-state index contributed by atoms with van der Waals surface area (Å²) in [6.07, 6.45) is 0.258. The summed E-state index contributed by atoms with van der Waals surface area (Å²) in [7, 11) is 0. The van der Waals surface area contributed by atoms with Gasteiger partial charge in [-0.1, -0.05) is 12.1 Å². The summed E-state index contributed by atoms with van der Waals surface area (Å²) in [5.74, 6) is -0.251. The average Bonchev–Trinajstić information content (AvgIpc) is 2.55. The van der Waals surface area contributed by atoms with Crippen LogP contribution in [0.1, 0.15) is 16.8 Å². The van der Waals surface area contributed by atoms with E-state index in [0.717, 1.165) is 11.1 Å². The smallest absolute Gasteiger partial charge is 0.269 e. The normalized spacial score (nSPS) is 9.77. The number of hydrogen-bond acceptors (Lipinski definition) is 4. The lowest BCUT2D eigenvalue weighted by molar-refractivity contribution is -0.384. The van der Waals surface area contributed by atoms with Crippen LogP contribution in [0.15, 0.2) is 48.5 Å². The van der Waals surface area contributed by atoms with Gasteiger partial charge in [0.05, 0.1) is 17.4 Å². The Morgan fingerprint density at radius 3 is 2.55 bits per heavy atom. The van der Waals surface area contributed by atoms with Crippen molar-refractivity contribution in [3.8, 4) is 17.2 Å². The second-order valence-corrected chi connectivity index (χ2v) is 4.55. The van der Waals surface area contributed by atoms with Crippen LogP contribution in [0.25, 0.3) is 11.1 Å². The number of non-ortho nitro benzene ring substituents is 1. The van der Waals surface area contributed by atoms with Gasteiger partial charge in [0.2, 0.25) is 0 Å². The van der Waals surface area contributed by atoms with Gasteiger partial charge in [-0.05, 0) is 35.4 Å². The van der Waals surface area contributed by atoms with Crippen LogP contribution in [0.4, 0.5) is 5.69 Å². The fourth-order valence-corrected chi connectivity index (χ4v) is 1.95. The minimum atomic E-state index is -0.456. The lowest BCUT2D eigenvalue weighted by atomic mass is 10.0. The Morgan fingerprint density at radius 1 is 1.18 bits per heavy atom. The van der Waals surface area contributed by atoms with Crippen LogP contribution in [0.3, 0.4) is 0 Å². The molecule has 0 aliphatic heterocycles. The summed E-state index contributed by atoms with van der Waals surface area (Å²) in [6.45, 7) is 0.303. The van der Waals surface area contributed by atoms with Gasteiger partial charge in [0.1, 0.15) is 0 Å². The Bertz CT molecular complexity index is 733. The third-order valence-corrected chi connectivity index (χ3v) is 3.06. The molecule has 0 radical (unpaired) electrons. The summed E-state index contributed by atoms with van der Waals surface area (Å²) in [5.41, 5.74) is 2.09. The van der Waals surface area contributed by atoms with Crippen molar-refractivity contribution in [3.63, 3.8) is 0 Å². The maximum atomic E-state index is 11.9. The van der Waals surface area contributed by atoms with Crippen molar-refractivity contribution in [1.29, 1.82) is 5.26 Å². The standard InChI is InChI=1S/C16H13N3O3/c17-9-2-10-18-16(20)14-4-1-3-13(11-14)12-5-7-15(8-6-12)19(21)22/h1,3-8,11H,2,10H2,(H,18,20). The van der Waals surface area contributed by atoms with Gasteiger partial charge in [-0.25, -0.2) is 0 Å². The Labute approximate surface area is 127 Å². The SMILES string of the molecule is N#CCCNC(=O)c1cccc(-c2ccc([N+](=O)[O-])cc2)c1. The number of nitrogens with one attached hydrogen (secondary N) is 1. The number of hydrogen-bond donors (Lipinski definition) is 1. The van der Waals surface area contributed by atoms with E-state index in [0.29, 0.717) is 12.1 Å². The van der Waals surface area contributed by atoms with E-state index in [9.17, 15) is 14.9 Å². The van der Waals surface area contributed by atoms with Crippen LogP contribution in [0.5, 0.6) is 0 Å². The summed E-state index contributed by atoms with van der Waals surface area (Å²) in [4.78, 5) is 22.1. The molecule has 0 aliphatic rings. The zero-order valence-electron chi connectivity index (χ0n) is 11.7. The van der Waals surface area contributed by atoms with Gasteiger partial charge in [-0.2, -0.15) is 5.26 Å². The van der Waals surface area contributed by atoms with Gasteiger partial charge < -0.3 is 5.32 Å². The predicted molar refractivity (Wildman–Crippen MR) is 81.1 cm³/mol. The molecule has 2 aromatic carbocycles. The molecule has 0 aromatic heterocycles. The summed E-state index contributed by atoms with van der Waals surface area (Å²) in [5, 5.41) is 21.8. The van der Waals surface area contributed by atoms with Crippen LogP contribution < -0.4 is 5.32 Å². The van der Waals surface area contributed by atoms with Gasteiger partial charge in [-0.15, -0.1) is 0 Å². The van der Waals surface area contributed by atoms with Gasteiger partial charge in [0, 0.05) is 24.2 Å². The topological polar surface area (TPSA) is 96.0 Å². The number of carbonyl (C=O) groups is 1. The van der Waals surface area contributed by atoms with Crippen LogP contribution in [0.2, 0.25) is 0 Å². The minimum absolute atomic E-state index is 0.0224. The molecule has 0 saturated heterocycles. The maximum absolute atomic E-state index is 11.9. The first-order valence-electron chi connectivity index (χ1n) is 6.62. The molecule has 110 valence electrons. The highest BCUT2D eigenvalue weighted by molar-refractivity contribution is 5.95. The van der Waals surface area contributed by atoms with Gasteiger partial charge in [0.25, 0.3) is 11.6 Å². The molecular formula is C16H13N3O3. The number of nitro benzene ring substituents is 1. The predicted octanol–water partition coefficient (Wildman–Crippen LogP) is 2.91. The highest BCUT2D eigenvalue weighted by Crippen LogP contribution is 2.23. The van der Waals surface area contributed by atoms with E-state index in [1.165, 1.54) is 12.1 Å². The molecule has 0 aliphatic carbocycles. The molecule has 0 spiro atoms. The highest BCUT2D eigenvalue weighted by atomic mass is 16.6. The number of amides is 1. The molecule has 2 rings (SSSR count). The van der Waals surface area contributed by atoms with Crippen molar-refractivity contribution in [1.82, 2.24) is 5.32 Å². The van der Waals surface area contributed by atoms with Crippen molar-refractivity contribution in [2.24, 2.45) is 0 Å². The zero-order chi connectivity index (χ0) is 15.9. The first-order chi connectivity index (χ1) is 10.6. The van der Waals surface area contributed by atoms with Crippen LogP contribution >= 0.6 is 0 Å². The Hall–Kier alpha value is -3.20. The molecule has 0 fully saturated rings. The molecule has 0 heterocycles. The molecule has 0 saturated carbocycles. The van der Waals surface area contributed by atoms with E-state index < -0.39 is 4.92 Å². The van der Waals surface area contributed by atoms with Crippen molar-refractivity contribution in [3.05, 3.63) is 64.2 Å². The zero-order valence-corrected chi connectivity index (χ0v) is 11.7. The van der Waals surface area contributed by atoms with E-state index in [2.05, 4.69) is 5.32 Å². The quantitative estimate of drug-likeness (QED) is 0.521. The number of benzene rings is 2. The fourth-order valence-electron chi connectivity index (χ4n) is 1.95. The van der Waals surface area contributed by atoms with Crippen LogP contribution in [0, 0.1) is 21.4 Å². The van der Waals surface area contributed by atoms with E-state index in [1.54, 1.807) is 30.3 Å². The molecule has 22 heavy (non-hydrogen) atoms. The molecule has 2 aromatic rings. The van der Waals surface area contributed by atoms with Crippen molar-refractivity contribution in [2.45, 2.75) is 6.42 Å². The lowest BCUT2D eigenvalue weighted by Crippen LogP contribution is -2.24. The first kappa shape index (κ1) is 15.2. The van der Waals surface area contributed by atoms with E-state index in [1.807, 2.05) is 12.1 Å². The average molecular weight is 295 g/mol. The van der Waals surface area contributed by atoms with Gasteiger partial charge in [-0.3, -0.25) is 14.9 Å². The van der Waals surface area contributed by atoms with Crippen molar-refractivity contribution >= 4 is 11.6 Å². The second kappa shape index (κ2) is 6.99. The van der Waals surface area contributed by atoms with E-state index in [4.69, 9.17) is 5.26 Å². The molecular weight excluding hydrogens is 282 g/mol. The Kier molecular flexibility index (Phi) is 4.83. The van der Waals surface area contributed by atoms with Crippen molar-refractivity contribution < 1.29 is 9.72 Å². The first-order valence-corrected chi connectivity index (χ1v) is 6.62. The minimum Gasteiger partial charge on any atom is -0.351 e. The third-order valence-electron chi connectivity index (χ3n) is 3.06. The number of nitriles is 1. The molecule has 1 N–H and O–H groups in total. The van der Waals surface area contributed by atoms with Crippen LogP contribution in [-0.2, 0) is 0 Å². The Morgan fingerprint density at radius 2 is 1.91 bits per heavy atom. The summed E-state index contributed by atoms with van der Waals surface area (Å²) >= 11 is 0. The van der Waals surface area contributed by atoms with Crippen molar-refractivity contribution in [2.75, 3.05) is 6.54 Å². The molecule has 1 amide bonds. The molecule has 0 unspecified atom stereocenters. The number of nitro groups is 1. The fraction of sp³-hybridized carbons (Fsp3) is 0.125. The highest BCUT2D eigenvalue weighted by Gasteiger charge is 2.08. The summed E-state index contributed by atoms with van der Waals surface area (Å²) < 4.78 is 0. The van der Waals surface area contributed by atoms with Gasteiger partial charge >= 0.3 is 0 Å². The molecule has 0 atom stereocenters. The monoisotopic (exact) mass is 295 g/mol. The van der Waals surface area contributed by atoms with E-state index >= 15 is 0 Å². The number of nitrogens with zero attached hydrogens (tertiary/aromatic N) is 2. The van der Waals surface area contributed by atoms with Crippen LogP contribution in [-0.4, -0.2) is 17.4 Å². The largest absolute Gasteiger partial charge is 0.351 e. The third kappa shape index (κ3) is 3.67. The Balaban J connectivity index is 2.19. The molecule has 0 bridgehead atoms. The lowest BCUT2D eigenvalue weighted by Gasteiger charge is -2.06. The maximum Gasteiger partial charge on any atom is 0.269 e.